The molecule has 0 bridgehead atoms. The normalized spacial score (nSPS) is 10.9. The minimum absolute atomic E-state index is 0.811. The van der Waals surface area contributed by atoms with Crippen LogP contribution in [0.25, 0.3) is 21.9 Å². The summed E-state index contributed by atoms with van der Waals surface area (Å²) in [5, 5.41) is 2.44. The van der Waals surface area contributed by atoms with Gasteiger partial charge in [-0.3, -0.25) is 0 Å². The largest absolute Gasteiger partial charge is 0.496 e. The Balaban J connectivity index is 2.14. The van der Waals surface area contributed by atoms with Gasteiger partial charge in [0.05, 0.1) is 7.11 Å². The van der Waals surface area contributed by atoms with Crippen molar-refractivity contribution in [3.8, 4) is 16.9 Å². The highest BCUT2D eigenvalue weighted by Crippen LogP contribution is 2.31. The Hall–Kier alpha value is -2.48. The van der Waals surface area contributed by atoms with Crippen LogP contribution in [0.5, 0.6) is 5.75 Å². The van der Waals surface area contributed by atoms with Crippen molar-refractivity contribution in [3.05, 3.63) is 59.7 Å². The molecule has 0 amide bonds. The number of hydrogen-bond acceptors (Lipinski definition) is 2. The predicted octanol–water partition coefficient (Wildman–Crippen LogP) is 4.97. The number of fused-ring (bicyclic) bond motifs is 1. The van der Waals surface area contributed by atoms with Crippen LogP contribution in [-0.2, 0) is 6.42 Å². The van der Waals surface area contributed by atoms with Crippen LogP contribution in [0.2, 0.25) is 0 Å². The predicted molar refractivity (Wildman–Crippen MR) is 94.5 cm³/mol. The van der Waals surface area contributed by atoms with Gasteiger partial charge < -0.3 is 10.5 Å². The second-order valence-corrected chi connectivity index (χ2v) is 5.65. The first kappa shape index (κ1) is 14.5. The summed E-state index contributed by atoms with van der Waals surface area (Å²) >= 11 is 0. The zero-order valence-electron chi connectivity index (χ0n) is 13.3. The second-order valence-electron chi connectivity index (χ2n) is 5.65. The minimum Gasteiger partial charge on any atom is -0.496 e. The standard InChI is InChI=1S/C20H21NO/c1-4-14-10-16(6-8-20(14)22-3)15-5-7-19-13(2)9-18(21)12-17(19)11-15/h5-12H,4,21H2,1-3H3. The Morgan fingerprint density at radius 1 is 0.955 bits per heavy atom. The van der Waals surface area contributed by atoms with Crippen LogP contribution in [0, 0.1) is 6.92 Å². The summed E-state index contributed by atoms with van der Waals surface area (Å²) in [6, 6.07) is 17.0. The monoisotopic (exact) mass is 291 g/mol. The molecule has 0 saturated heterocycles. The number of anilines is 1. The van der Waals surface area contributed by atoms with Gasteiger partial charge in [0.2, 0.25) is 0 Å². The van der Waals surface area contributed by atoms with Crippen molar-refractivity contribution in [2.75, 3.05) is 12.8 Å². The molecule has 2 nitrogen and oxygen atoms in total. The van der Waals surface area contributed by atoms with Crippen molar-refractivity contribution in [3.63, 3.8) is 0 Å². The molecule has 2 heteroatoms. The summed E-state index contributed by atoms with van der Waals surface area (Å²) in [5.41, 5.74) is 11.6. The van der Waals surface area contributed by atoms with Crippen molar-refractivity contribution in [2.45, 2.75) is 20.3 Å². The SMILES string of the molecule is CCc1cc(-c2ccc3c(C)cc(N)cc3c2)ccc1OC. The molecular weight excluding hydrogens is 270 g/mol. The maximum atomic E-state index is 5.98. The highest BCUT2D eigenvalue weighted by Gasteiger charge is 2.06. The molecule has 0 aliphatic carbocycles. The first-order chi connectivity index (χ1) is 10.6. The molecule has 0 atom stereocenters. The van der Waals surface area contributed by atoms with E-state index in [-0.39, 0.29) is 0 Å². The van der Waals surface area contributed by atoms with Gasteiger partial charge in [-0.1, -0.05) is 25.1 Å². The second kappa shape index (κ2) is 5.72. The number of nitrogens with two attached hydrogens (primary N) is 1. The van der Waals surface area contributed by atoms with Gasteiger partial charge in [-0.2, -0.15) is 0 Å². The van der Waals surface area contributed by atoms with Gasteiger partial charge in [-0.15, -0.1) is 0 Å². The molecule has 0 heterocycles. The van der Waals surface area contributed by atoms with E-state index in [0.29, 0.717) is 0 Å². The molecule has 0 aliphatic rings. The number of methoxy groups -OCH3 is 1. The summed E-state index contributed by atoms with van der Waals surface area (Å²) in [7, 11) is 1.72. The topological polar surface area (TPSA) is 35.2 Å². The van der Waals surface area contributed by atoms with Crippen LogP contribution in [0.1, 0.15) is 18.1 Å². The van der Waals surface area contributed by atoms with Crippen molar-refractivity contribution < 1.29 is 4.74 Å². The van der Waals surface area contributed by atoms with Crippen LogP contribution in [0.15, 0.2) is 48.5 Å². The highest BCUT2D eigenvalue weighted by atomic mass is 16.5. The molecule has 0 unspecified atom stereocenters. The lowest BCUT2D eigenvalue weighted by molar-refractivity contribution is 0.410. The lowest BCUT2D eigenvalue weighted by Crippen LogP contribution is -1.92. The summed E-state index contributed by atoms with van der Waals surface area (Å²) in [5.74, 6) is 0.951. The summed E-state index contributed by atoms with van der Waals surface area (Å²) in [4.78, 5) is 0. The molecule has 2 N–H and O–H groups in total. The third-order valence-electron chi connectivity index (χ3n) is 4.18. The van der Waals surface area contributed by atoms with Gasteiger partial charge in [-0.05, 0) is 76.7 Å². The van der Waals surface area contributed by atoms with Gasteiger partial charge in [0, 0.05) is 5.69 Å². The Morgan fingerprint density at radius 3 is 2.41 bits per heavy atom. The first-order valence-electron chi connectivity index (χ1n) is 7.59. The van der Waals surface area contributed by atoms with Crippen LogP contribution in [-0.4, -0.2) is 7.11 Å². The summed E-state index contributed by atoms with van der Waals surface area (Å²) in [6.07, 6.45) is 0.955. The van der Waals surface area contributed by atoms with Crippen LogP contribution in [0.4, 0.5) is 5.69 Å². The molecule has 3 aromatic carbocycles. The Labute approximate surface area is 131 Å². The van der Waals surface area contributed by atoms with Crippen molar-refractivity contribution in [2.24, 2.45) is 0 Å². The number of ether oxygens (including phenoxy) is 1. The smallest absolute Gasteiger partial charge is 0.122 e. The quantitative estimate of drug-likeness (QED) is 0.692. The molecule has 22 heavy (non-hydrogen) atoms. The van der Waals surface area contributed by atoms with E-state index in [9.17, 15) is 0 Å². The number of benzene rings is 3. The minimum atomic E-state index is 0.811. The molecule has 112 valence electrons. The number of nitrogen functional groups attached to an aromatic ring is 1. The first-order valence-corrected chi connectivity index (χ1v) is 7.59. The molecule has 3 aromatic rings. The lowest BCUT2D eigenvalue weighted by atomic mass is 9.97. The molecule has 0 aliphatic heterocycles. The van der Waals surface area contributed by atoms with Gasteiger partial charge in [0.25, 0.3) is 0 Å². The molecule has 0 radical (unpaired) electrons. The van der Waals surface area contributed by atoms with E-state index in [1.54, 1.807) is 7.11 Å². The van der Waals surface area contributed by atoms with Gasteiger partial charge in [-0.25, -0.2) is 0 Å². The van der Waals surface area contributed by atoms with E-state index < -0.39 is 0 Å². The molecule has 0 aromatic heterocycles. The van der Waals surface area contributed by atoms with Crippen LogP contribution in [0.3, 0.4) is 0 Å². The Kier molecular flexibility index (Phi) is 3.76. The van der Waals surface area contributed by atoms with Gasteiger partial charge in [0.1, 0.15) is 5.75 Å². The Morgan fingerprint density at radius 2 is 1.68 bits per heavy atom. The third kappa shape index (κ3) is 2.52. The van der Waals surface area contributed by atoms with Gasteiger partial charge in [0.15, 0.2) is 0 Å². The van der Waals surface area contributed by atoms with E-state index >= 15 is 0 Å². The van der Waals surface area contributed by atoms with Crippen LogP contribution >= 0.6 is 0 Å². The maximum Gasteiger partial charge on any atom is 0.122 e. The number of hydrogen-bond donors (Lipinski definition) is 1. The van der Waals surface area contributed by atoms with Gasteiger partial charge >= 0.3 is 0 Å². The molecule has 0 spiro atoms. The number of aryl methyl sites for hydroxylation is 2. The third-order valence-corrected chi connectivity index (χ3v) is 4.18. The summed E-state index contributed by atoms with van der Waals surface area (Å²) < 4.78 is 5.41. The molecule has 0 saturated carbocycles. The van der Waals surface area contributed by atoms with Crippen LogP contribution < -0.4 is 10.5 Å². The zero-order chi connectivity index (χ0) is 15.7. The van der Waals surface area contributed by atoms with Crippen molar-refractivity contribution in [1.29, 1.82) is 0 Å². The van der Waals surface area contributed by atoms with E-state index in [4.69, 9.17) is 10.5 Å². The fourth-order valence-corrected chi connectivity index (χ4v) is 3.00. The molecule has 0 fully saturated rings. The average molecular weight is 291 g/mol. The fraction of sp³-hybridized carbons (Fsp3) is 0.200. The van der Waals surface area contributed by atoms with E-state index in [1.165, 1.54) is 33.0 Å². The van der Waals surface area contributed by atoms with E-state index in [0.717, 1.165) is 17.9 Å². The zero-order valence-corrected chi connectivity index (χ0v) is 13.3. The molecule has 3 rings (SSSR count). The average Bonchev–Trinajstić information content (AvgIpc) is 2.53. The van der Waals surface area contributed by atoms with Crippen molar-refractivity contribution >= 4 is 16.5 Å². The van der Waals surface area contributed by atoms with Crippen molar-refractivity contribution in [1.82, 2.24) is 0 Å². The highest BCUT2D eigenvalue weighted by molar-refractivity contribution is 5.92. The maximum absolute atomic E-state index is 5.98. The fourth-order valence-electron chi connectivity index (χ4n) is 3.00. The molecular formula is C20H21NO. The Bertz CT molecular complexity index is 836. The van der Waals surface area contributed by atoms with E-state index in [1.807, 2.05) is 18.2 Å². The lowest BCUT2D eigenvalue weighted by Gasteiger charge is -2.11. The number of rotatable bonds is 3. The summed E-state index contributed by atoms with van der Waals surface area (Å²) in [6.45, 7) is 4.24. The van der Waals surface area contributed by atoms with E-state index in [2.05, 4.69) is 44.2 Å².